The fourth-order valence-corrected chi connectivity index (χ4v) is 3.24. The minimum atomic E-state index is 0.130. The van der Waals surface area contributed by atoms with Crippen molar-refractivity contribution in [1.29, 1.82) is 0 Å². The Hall–Kier alpha value is -1.64. The summed E-state index contributed by atoms with van der Waals surface area (Å²) >= 11 is 3.51. The van der Waals surface area contributed by atoms with Crippen LogP contribution in [0.2, 0.25) is 0 Å². The van der Waals surface area contributed by atoms with Gasteiger partial charge in [0.1, 0.15) is 0 Å². The van der Waals surface area contributed by atoms with Crippen molar-refractivity contribution in [3.63, 3.8) is 0 Å². The Morgan fingerprint density at radius 3 is 2.48 bits per heavy atom. The largest absolute Gasteiger partial charge is 0.327 e. The van der Waals surface area contributed by atoms with E-state index in [1.54, 1.807) is 0 Å². The van der Waals surface area contributed by atoms with E-state index < -0.39 is 0 Å². The van der Waals surface area contributed by atoms with Crippen molar-refractivity contribution in [2.45, 2.75) is 18.9 Å². The van der Waals surface area contributed by atoms with Crippen molar-refractivity contribution in [2.24, 2.45) is 5.73 Å². The Bertz CT molecular complexity index is 746. The molecule has 0 fully saturated rings. The van der Waals surface area contributed by atoms with Crippen molar-refractivity contribution in [3.8, 4) is 0 Å². The second-order valence-corrected chi connectivity index (χ2v) is 6.35. The monoisotopic (exact) mass is 339 g/mol. The molecule has 0 radical (unpaired) electrons. The minimum Gasteiger partial charge on any atom is -0.327 e. The fourth-order valence-electron chi connectivity index (χ4n) is 2.79. The minimum absolute atomic E-state index is 0.130. The molecule has 21 heavy (non-hydrogen) atoms. The van der Waals surface area contributed by atoms with Gasteiger partial charge in [0.25, 0.3) is 0 Å². The Kier molecular flexibility index (Phi) is 4.37. The molecular formula is C19H18BrN. The van der Waals surface area contributed by atoms with Crippen LogP contribution in [0.4, 0.5) is 0 Å². The lowest BCUT2D eigenvalue weighted by molar-refractivity contribution is 0.667. The highest BCUT2D eigenvalue weighted by Crippen LogP contribution is 2.20. The van der Waals surface area contributed by atoms with E-state index >= 15 is 0 Å². The van der Waals surface area contributed by atoms with Crippen molar-refractivity contribution in [2.75, 3.05) is 0 Å². The molecule has 0 saturated carbocycles. The number of hydrogen-bond acceptors (Lipinski definition) is 1. The standard InChI is InChI=1S/C19H18BrN/c20-17-9-3-5-14(11-17)12-18(21)13-16-8-4-7-15-6-1-2-10-19(15)16/h1-11,18H,12-13,21H2. The lowest BCUT2D eigenvalue weighted by Gasteiger charge is -2.14. The highest BCUT2D eigenvalue weighted by Gasteiger charge is 2.08. The van der Waals surface area contributed by atoms with Gasteiger partial charge in [-0.3, -0.25) is 0 Å². The van der Waals surface area contributed by atoms with Crippen LogP contribution >= 0.6 is 15.9 Å². The third-order valence-electron chi connectivity index (χ3n) is 3.75. The molecular weight excluding hydrogens is 322 g/mol. The summed E-state index contributed by atoms with van der Waals surface area (Å²) < 4.78 is 1.11. The molecule has 0 aliphatic rings. The molecule has 0 heterocycles. The summed E-state index contributed by atoms with van der Waals surface area (Å²) in [5, 5.41) is 2.59. The first-order valence-corrected chi connectivity index (χ1v) is 7.98. The Morgan fingerprint density at radius 2 is 1.62 bits per heavy atom. The van der Waals surface area contributed by atoms with Gasteiger partial charge in [0.05, 0.1) is 0 Å². The van der Waals surface area contributed by atoms with Crippen LogP contribution in [0, 0.1) is 0 Å². The fraction of sp³-hybridized carbons (Fsp3) is 0.158. The highest BCUT2D eigenvalue weighted by atomic mass is 79.9. The summed E-state index contributed by atoms with van der Waals surface area (Å²) in [4.78, 5) is 0. The first-order chi connectivity index (χ1) is 10.2. The molecule has 106 valence electrons. The number of rotatable bonds is 4. The van der Waals surface area contributed by atoms with Crippen molar-refractivity contribution < 1.29 is 0 Å². The van der Waals surface area contributed by atoms with E-state index in [9.17, 15) is 0 Å². The van der Waals surface area contributed by atoms with Gasteiger partial charge in [0.2, 0.25) is 0 Å². The van der Waals surface area contributed by atoms with Gasteiger partial charge in [-0.2, -0.15) is 0 Å². The van der Waals surface area contributed by atoms with Crippen LogP contribution in [-0.4, -0.2) is 6.04 Å². The molecule has 2 N–H and O–H groups in total. The molecule has 0 aliphatic carbocycles. The maximum Gasteiger partial charge on any atom is 0.0178 e. The SMILES string of the molecule is NC(Cc1cccc(Br)c1)Cc1cccc2ccccc12. The van der Waals surface area contributed by atoms with Crippen LogP contribution in [0.3, 0.4) is 0 Å². The molecule has 2 heteroatoms. The number of benzene rings is 3. The van der Waals surface area contributed by atoms with Crippen LogP contribution in [0.15, 0.2) is 71.2 Å². The van der Waals surface area contributed by atoms with Gasteiger partial charge in [0, 0.05) is 10.5 Å². The van der Waals surface area contributed by atoms with Gasteiger partial charge in [-0.1, -0.05) is 70.5 Å². The van der Waals surface area contributed by atoms with E-state index in [4.69, 9.17) is 5.73 Å². The second-order valence-electron chi connectivity index (χ2n) is 5.44. The molecule has 0 saturated heterocycles. The molecule has 1 unspecified atom stereocenters. The van der Waals surface area contributed by atoms with Gasteiger partial charge >= 0.3 is 0 Å². The highest BCUT2D eigenvalue weighted by molar-refractivity contribution is 9.10. The first kappa shape index (κ1) is 14.3. The summed E-state index contributed by atoms with van der Waals surface area (Å²) in [7, 11) is 0. The van der Waals surface area contributed by atoms with Gasteiger partial charge < -0.3 is 5.73 Å². The molecule has 0 bridgehead atoms. The number of fused-ring (bicyclic) bond motifs is 1. The first-order valence-electron chi connectivity index (χ1n) is 7.19. The zero-order chi connectivity index (χ0) is 14.7. The van der Waals surface area contributed by atoms with Gasteiger partial charge in [-0.25, -0.2) is 0 Å². The predicted molar refractivity (Wildman–Crippen MR) is 93.5 cm³/mol. The Labute approximate surface area is 133 Å². The number of nitrogens with two attached hydrogens (primary N) is 1. The van der Waals surface area contributed by atoms with E-state index in [1.807, 2.05) is 6.07 Å². The lowest BCUT2D eigenvalue weighted by atomic mass is 9.96. The number of halogens is 1. The van der Waals surface area contributed by atoms with E-state index in [0.29, 0.717) is 0 Å². The van der Waals surface area contributed by atoms with Crippen molar-refractivity contribution >= 4 is 26.7 Å². The molecule has 3 rings (SSSR count). The maximum absolute atomic E-state index is 6.36. The van der Waals surface area contributed by atoms with E-state index in [0.717, 1.165) is 17.3 Å². The Balaban J connectivity index is 1.79. The van der Waals surface area contributed by atoms with Crippen molar-refractivity contribution in [3.05, 3.63) is 82.3 Å². The quantitative estimate of drug-likeness (QED) is 0.731. The second kappa shape index (κ2) is 6.42. The van der Waals surface area contributed by atoms with Gasteiger partial charge in [0.15, 0.2) is 0 Å². The molecule has 3 aromatic rings. The summed E-state index contributed by atoms with van der Waals surface area (Å²) in [6, 6.07) is 23.4. The molecule has 0 amide bonds. The summed E-state index contributed by atoms with van der Waals surface area (Å²) in [6.07, 6.45) is 1.79. The smallest absolute Gasteiger partial charge is 0.0178 e. The summed E-state index contributed by atoms with van der Waals surface area (Å²) in [5.41, 5.74) is 8.97. The zero-order valence-electron chi connectivity index (χ0n) is 11.8. The Morgan fingerprint density at radius 1 is 0.857 bits per heavy atom. The zero-order valence-corrected chi connectivity index (χ0v) is 13.4. The predicted octanol–water partition coefficient (Wildman–Crippen LogP) is 4.71. The normalized spacial score (nSPS) is 12.5. The van der Waals surface area contributed by atoms with Gasteiger partial charge in [-0.15, -0.1) is 0 Å². The molecule has 1 nitrogen and oxygen atoms in total. The average Bonchev–Trinajstić information content (AvgIpc) is 2.47. The van der Waals surface area contributed by atoms with Crippen LogP contribution < -0.4 is 5.73 Å². The van der Waals surface area contributed by atoms with Crippen LogP contribution in [0.5, 0.6) is 0 Å². The maximum atomic E-state index is 6.36. The topological polar surface area (TPSA) is 26.0 Å². The molecule has 0 spiro atoms. The molecule has 0 aliphatic heterocycles. The van der Waals surface area contributed by atoms with Crippen molar-refractivity contribution in [1.82, 2.24) is 0 Å². The van der Waals surface area contributed by atoms with E-state index in [1.165, 1.54) is 21.9 Å². The third-order valence-corrected chi connectivity index (χ3v) is 4.24. The van der Waals surface area contributed by atoms with Crippen LogP contribution in [-0.2, 0) is 12.8 Å². The summed E-state index contributed by atoms with van der Waals surface area (Å²) in [5.74, 6) is 0. The average molecular weight is 340 g/mol. The molecule has 0 aromatic heterocycles. The lowest BCUT2D eigenvalue weighted by Crippen LogP contribution is -2.25. The number of hydrogen-bond donors (Lipinski definition) is 1. The third kappa shape index (κ3) is 3.52. The van der Waals surface area contributed by atoms with Crippen LogP contribution in [0.25, 0.3) is 10.8 Å². The van der Waals surface area contributed by atoms with E-state index in [-0.39, 0.29) is 6.04 Å². The molecule has 1 atom stereocenters. The molecule has 3 aromatic carbocycles. The van der Waals surface area contributed by atoms with Crippen LogP contribution in [0.1, 0.15) is 11.1 Å². The van der Waals surface area contributed by atoms with E-state index in [2.05, 4.69) is 76.6 Å². The van der Waals surface area contributed by atoms with Gasteiger partial charge in [-0.05, 0) is 46.9 Å². The summed E-state index contributed by atoms with van der Waals surface area (Å²) in [6.45, 7) is 0.